The second kappa shape index (κ2) is 10.0. The van der Waals surface area contributed by atoms with Crippen LogP contribution in [0.3, 0.4) is 0 Å². The first kappa shape index (κ1) is 23.5. The highest BCUT2D eigenvalue weighted by molar-refractivity contribution is 6.09. The van der Waals surface area contributed by atoms with Gasteiger partial charge in [0.15, 0.2) is 0 Å². The molecule has 0 radical (unpaired) electrons. The standard InChI is InChI=1S/C24H14O10/c25-19(26)15-5-1-3-7-17(15)23(31)33-21(29)13-9-11-14(12-10-13)22(30)34-24(32)18-8-4-2-6-16(18)20(27)28/h1-12H,(H,25,26)(H,27,28). The van der Waals surface area contributed by atoms with Crippen LogP contribution in [0, 0.1) is 0 Å². The summed E-state index contributed by atoms with van der Waals surface area (Å²) >= 11 is 0. The minimum Gasteiger partial charge on any atom is -0.478 e. The van der Waals surface area contributed by atoms with Crippen molar-refractivity contribution in [2.24, 2.45) is 0 Å². The first-order valence-corrected chi connectivity index (χ1v) is 9.46. The van der Waals surface area contributed by atoms with Crippen molar-refractivity contribution in [2.75, 3.05) is 0 Å². The molecule has 0 bridgehead atoms. The van der Waals surface area contributed by atoms with Crippen LogP contribution in [0.15, 0.2) is 72.8 Å². The van der Waals surface area contributed by atoms with Crippen LogP contribution in [0.25, 0.3) is 0 Å². The number of aromatic carboxylic acids is 2. The number of hydrogen-bond donors (Lipinski definition) is 2. The molecular weight excluding hydrogens is 448 g/mol. The van der Waals surface area contributed by atoms with Gasteiger partial charge in [-0.2, -0.15) is 0 Å². The number of carboxylic acids is 2. The zero-order valence-corrected chi connectivity index (χ0v) is 17.1. The Bertz CT molecular complexity index is 1220. The number of esters is 4. The number of carboxylic acid groups (broad SMARTS) is 2. The fourth-order valence-corrected chi connectivity index (χ4v) is 2.83. The van der Waals surface area contributed by atoms with E-state index in [-0.39, 0.29) is 33.4 Å². The molecule has 0 saturated heterocycles. The zero-order valence-electron chi connectivity index (χ0n) is 17.1. The fraction of sp³-hybridized carbons (Fsp3) is 0. The van der Waals surface area contributed by atoms with Crippen LogP contribution in [0.5, 0.6) is 0 Å². The Morgan fingerprint density at radius 1 is 0.441 bits per heavy atom. The Labute approximate surface area is 191 Å². The Morgan fingerprint density at radius 3 is 1.03 bits per heavy atom. The molecule has 34 heavy (non-hydrogen) atoms. The van der Waals surface area contributed by atoms with Crippen LogP contribution >= 0.6 is 0 Å². The maximum Gasteiger partial charge on any atom is 0.346 e. The molecule has 10 nitrogen and oxygen atoms in total. The van der Waals surface area contributed by atoms with Crippen molar-refractivity contribution in [2.45, 2.75) is 0 Å². The van der Waals surface area contributed by atoms with Crippen molar-refractivity contribution >= 4 is 35.8 Å². The molecule has 3 aromatic carbocycles. The Kier molecular flexibility index (Phi) is 6.92. The van der Waals surface area contributed by atoms with Crippen LogP contribution < -0.4 is 0 Å². The van der Waals surface area contributed by atoms with Crippen LogP contribution in [0.1, 0.15) is 62.1 Å². The molecule has 0 unspecified atom stereocenters. The van der Waals surface area contributed by atoms with Crippen molar-refractivity contribution in [3.63, 3.8) is 0 Å². The normalized spacial score (nSPS) is 10.1. The first-order valence-electron chi connectivity index (χ1n) is 9.46. The first-order chi connectivity index (χ1) is 16.2. The van der Waals surface area contributed by atoms with Crippen LogP contribution in [-0.4, -0.2) is 46.0 Å². The lowest BCUT2D eigenvalue weighted by Crippen LogP contribution is -2.17. The molecule has 0 saturated carbocycles. The number of benzene rings is 3. The fourth-order valence-electron chi connectivity index (χ4n) is 2.83. The summed E-state index contributed by atoms with van der Waals surface area (Å²) in [5.41, 5.74) is -1.59. The van der Waals surface area contributed by atoms with E-state index in [1.165, 1.54) is 48.5 Å². The van der Waals surface area contributed by atoms with E-state index in [9.17, 15) is 28.8 Å². The second-order valence-electron chi connectivity index (χ2n) is 6.63. The molecule has 0 atom stereocenters. The van der Waals surface area contributed by atoms with Gasteiger partial charge in [-0.1, -0.05) is 24.3 Å². The monoisotopic (exact) mass is 462 g/mol. The third kappa shape index (κ3) is 5.19. The van der Waals surface area contributed by atoms with Gasteiger partial charge < -0.3 is 19.7 Å². The second-order valence-corrected chi connectivity index (χ2v) is 6.63. The number of rotatable bonds is 6. The molecule has 0 aromatic heterocycles. The molecule has 0 aliphatic rings. The number of carbonyl (C=O) groups is 6. The Balaban J connectivity index is 1.69. The molecule has 0 amide bonds. The van der Waals surface area contributed by atoms with E-state index < -0.39 is 35.8 Å². The van der Waals surface area contributed by atoms with Crippen molar-refractivity contribution in [1.29, 1.82) is 0 Å². The summed E-state index contributed by atoms with van der Waals surface area (Å²) in [4.78, 5) is 71.3. The van der Waals surface area contributed by atoms with Gasteiger partial charge in [0, 0.05) is 0 Å². The third-order valence-electron chi connectivity index (χ3n) is 4.48. The molecule has 3 aromatic rings. The molecule has 0 fully saturated rings. The zero-order chi connectivity index (χ0) is 24.8. The van der Waals surface area contributed by atoms with Gasteiger partial charge in [0.05, 0.1) is 33.4 Å². The summed E-state index contributed by atoms with van der Waals surface area (Å²) in [6.45, 7) is 0. The van der Waals surface area contributed by atoms with E-state index in [0.29, 0.717) is 0 Å². The van der Waals surface area contributed by atoms with Crippen LogP contribution in [-0.2, 0) is 9.47 Å². The molecule has 3 rings (SSSR count). The summed E-state index contributed by atoms with van der Waals surface area (Å²) in [6.07, 6.45) is 0. The Morgan fingerprint density at radius 2 is 0.735 bits per heavy atom. The SMILES string of the molecule is O=C(OC(=O)c1ccccc1C(=O)O)c1ccc(C(=O)OC(=O)c2ccccc2C(=O)O)cc1. The number of carbonyl (C=O) groups excluding carboxylic acids is 4. The molecule has 0 heterocycles. The van der Waals surface area contributed by atoms with E-state index in [2.05, 4.69) is 0 Å². The third-order valence-corrected chi connectivity index (χ3v) is 4.48. The smallest absolute Gasteiger partial charge is 0.346 e. The molecular formula is C24H14O10. The van der Waals surface area contributed by atoms with Gasteiger partial charge in [-0.3, -0.25) is 0 Å². The van der Waals surface area contributed by atoms with Gasteiger partial charge in [-0.05, 0) is 48.5 Å². The molecule has 0 spiro atoms. The topological polar surface area (TPSA) is 161 Å². The summed E-state index contributed by atoms with van der Waals surface area (Å²) in [5.74, 6) is -7.29. The van der Waals surface area contributed by atoms with E-state index >= 15 is 0 Å². The molecule has 2 N–H and O–H groups in total. The molecule has 0 aliphatic heterocycles. The van der Waals surface area contributed by atoms with Crippen molar-refractivity contribution < 1.29 is 48.5 Å². The molecule has 170 valence electrons. The Hall–Kier alpha value is -5.12. The molecule has 10 heteroatoms. The highest BCUT2D eigenvalue weighted by Gasteiger charge is 2.23. The van der Waals surface area contributed by atoms with Gasteiger partial charge >= 0.3 is 35.8 Å². The predicted molar refractivity (Wildman–Crippen MR) is 113 cm³/mol. The maximum atomic E-state index is 12.2. The lowest BCUT2D eigenvalue weighted by molar-refractivity contribution is 0.0374. The lowest BCUT2D eigenvalue weighted by Gasteiger charge is -2.07. The largest absolute Gasteiger partial charge is 0.478 e. The van der Waals surface area contributed by atoms with E-state index in [0.717, 1.165) is 24.3 Å². The van der Waals surface area contributed by atoms with Gasteiger partial charge in [0.25, 0.3) is 0 Å². The van der Waals surface area contributed by atoms with E-state index in [1.54, 1.807) is 0 Å². The predicted octanol–water partition coefficient (Wildman–Crippen LogP) is 3.08. The number of ether oxygens (including phenoxy) is 2. The summed E-state index contributed by atoms with van der Waals surface area (Å²) < 4.78 is 9.41. The number of hydrogen-bond acceptors (Lipinski definition) is 8. The minimum absolute atomic E-state index is 0.139. The van der Waals surface area contributed by atoms with Crippen LogP contribution in [0.4, 0.5) is 0 Å². The average Bonchev–Trinajstić information content (AvgIpc) is 2.83. The quantitative estimate of drug-likeness (QED) is 0.411. The van der Waals surface area contributed by atoms with E-state index in [1.807, 2.05) is 0 Å². The highest BCUT2D eigenvalue weighted by atomic mass is 16.6. The minimum atomic E-state index is -1.37. The highest BCUT2D eigenvalue weighted by Crippen LogP contribution is 2.15. The van der Waals surface area contributed by atoms with Gasteiger partial charge in [0.1, 0.15) is 0 Å². The van der Waals surface area contributed by atoms with Crippen molar-refractivity contribution in [3.05, 3.63) is 106 Å². The van der Waals surface area contributed by atoms with Gasteiger partial charge in [-0.15, -0.1) is 0 Å². The van der Waals surface area contributed by atoms with Crippen molar-refractivity contribution in [3.8, 4) is 0 Å². The van der Waals surface area contributed by atoms with Gasteiger partial charge in [-0.25, -0.2) is 28.8 Å². The average molecular weight is 462 g/mol. The van der Waals surface area contributed by atoms with Crippen molar-refractivity contribution in [1.82, 2.24) is 0 Å². The molecule has 0 aliphatic carbocycles. The van der Waals surface area contributed by atoms with E-state index in [4.69, 9.17) is 19.7 Å². The lowest BCUT2D eigenvalue weighted by atomic mass is 10.1. The summed E-state index contributed by atoms with van der Waals surface area (Å²) in [7, 11) is 0. The summed E-state index contributed by atoms with van der Waals surface area (Å²) in [5, 5.41) is 18.3. The van der Waals surface area contributed by atoms with Crippen LogP contribution in [0.2, 0.25) is 0 Å². The maximum absolute atomic E-state index is 12.2. The summed E-state index contributed by atoms with van der Waals surface area (Å²) in [6, 6.07) is 14.9. The van der Waals surface area contributed by atoms with Gasteiger partial charge in [0.2, 0.25) is 0 Å².